The number of benzene rings is 2. The molecule has 2 N–H and O–H groups in total. The average molecular weight is 279 g/mol. The van der Waals surface area contributed by atoms with Gasteiger partial charge in [-0.2, -0.15) is 0 Å². The number of phenolic OH excluding ortho intramolecular Hbond substituents is 1. The molecule has 0 unspecified atom stereocenters. The maximum absolute atomic E-state index is 9.36. The Morgan fingerprint density at radius 1 is 1.00 bits per heavy atom. The van der Waals surface area contributed by atoms with Crippen molar-refractivity contribution in [3.8, 4) is 17.1 Å². The highest BCUT2D eigenvalue weighted by Gasteiger charge is 2.13. The lowest BCUT2D eigenvalue weighted by atomic mass is 10.2. The van der Waals surface area contributed by atoms with E-state index in [1.807, 2.05) is 12.1 Å². The number of aromatic amines is 1. The molecule has 4 nitrogen and oxygen atoms in total. The molecule has 0 radical (unpaired) electrons. The summed E-state index contributed by atoms with van der Waals surface area (Å²) in [6.45, 7) is 2.29. The molecular weight excluding hydrogens is 262 g/mol. The summed E-state index contributed by atoms with van der Waals surface area (Å²) in [6.07, 6.45) is 2.56. The van der Waals surface area contributed by atoms with Crippen LogP contribution >= 0.6 is 0 Å². The van der Waals surface area contributed by atoms with Gasteiger partial charge in [0.2, 0.25) is 0 Å². The van der Waals surface area contributed by atoms with Crippen molar-refractivity contribution in [2.75, 3.05) is 18.0 Å². The molecule has 4 rings (SSSR count). The molecule has 4 heteroatoms. The monoisotopic (exact) mass is 279 g/mol. The van der Waals surface area contributed by atoms with Crippen LogP contribution in [-0.4, -0.2) is 28.2 Å². The molecule has 1 aromatic heterocycles. The molecule has 0 aliphatic carbocycles. The summed E-state index contributed by atoms with van der Waals surface area (Å²) in [4.78, 5) is 10.4. The Labute approximate surface area is 123 Å². The third kappa shape index (κ3) is 2.23. The smallest absolute Gasteiger partial charge is 0.138 e. The van der Waals surface area contributed by atoms with Crippen LogP contribution in [0.1, 0.15) is 12.8 Å². The summed E-state index contributed by atoms with van der Waals surface area (Å²) in [5.74, 6) is 1.11. The summed E-state index contributed by atoms with van der Waals surface area (Å²) < 4.78 is 0. The fourth-order valence-corrected chi connectivity index (χ4v) is 2.93. The minimum Gasteiger partial charge on any atom is -0.508 e. The lowest BCUT2D eigenvalue weighted by molar-refractivity contribution is 0.475. The third-order valence-electron chi connectivity index (χ3n) is 4.08. The number of H-pyrrole nitrogens is 1. The molecule has 3 aromatic rings. The molecule has 2 aromatic carbocycles. The number of aromatic hydroxyl groups is 1. The van der Waals surface area contributed by atoms with Crippen LogP contribution in [0.25, 0.3) is 22.4 Å². The number of hydrogen-bond acceptors (Lipinski definition) is 3. The molecule has 0 atom stereocenters. The molecule has 1 fully saturated rings. The number of hydrogen-bond donors (Lipinski definition) is 2. The van der Waals surface area contributed by atoms with Crippen molar-refractivity contribution in [1.82, 2.24) is 9.97 Å². The van der Waals surface area contributed by atoms with Gasteiger partial charge in [-0.05, 0) is 55.3 Å². The summed E-state index contributed by atoms with van der Waals surface area (Å²) >= 11 is 0. The van der Waals surface area contributed by atoms with Gasteiger partial charge in [-0.1, -0.05) is 0 Å². The Balaban J connectivity index is 1.73. The van der Waals surface area contributed by atoms with Gasteiger partial charge in [0, 0.05) is 24.3 Å². The van der Waals surface area contributed by atoms with Gasteiger partial charge in [0.25, 0.3) is 0 Å². The lowest BCUT2D eigenvalue weighted by Crippen LogP contribution is -2.17. The summed E-state index contributed by atoms with van der Waals surface area (Å²) in [7, 11) is 0. The van der Waals surface area contributed by atoms with Gasteiger partial charge in [0.1, 0.15) is 11.6 Å². The van der Waals surface area contributed by atoms with Gasteiger partial charge < -0.3 is 15.0 Å². The first-order valence-electron chi connectivity index (χ1n) is 7.34. The second-order valence-electron chi connectivity index (χ2n) is 5.53. The van der Waals surface area contributed by atoms with E-state index in [2.05, 4.69) is 33.1 Å². The van der Waals surface area contributed by atoms with Gasteiger partial charge in [0.15, 0.2) is 0 Å². The van der Waals surface area contributed by atoms with Crippen molar-refractivity contribution < 1.29 is 5.11 Å². The van der Waals surface area contributed by atoms with E-state index in [1.165, 1.54) is 18.5 Å². The molecule has 2 heterocycles. The molecule has 0 amide bonds. The highest BCUT2D eigenvalue weighted by atomic mass is 16.3. The summed E-state index contributed by atoms with van der Waals surface area (Å²) in [5, 5.41) is 9.36. The number of aromatic nitrogens is 2. The van der Waals surface area contributed by atoms with Crippen molar-refractivity contribution in [3.63, 3.8) is 0 Å². The number of nitrogens with one attached hydrogen (secondary N) is 1. The molecule has 1 saturated heterocycles. The van der Waals surface area contributed by atoms with Crippen LogP contribution in [0.2, 0.25) is 0 Å². The van der Waals surface area contributed by atoms with Crippen LogP contribution < -0.4 is 4.90 Å². The van der Waals surface area contributed by atoms with Crippen molar-refractivity contribution in [3.05, 3.63) is 42.5 Å². The number of rotatable bonds is 2. The van der Waals surface area contributed by atoms with E-state index in [0.29, 0.717) is 0 Å². The summed E-state index contributed by atoms with van der Waals surface area (Å²) in [5.41, 5.74) is 4.27. The number of nitrogens with zero attached hydrogens (tertiary/aromatic N) is 2. The Morgan fingerprint density at radius 3 is 2.52 bits per heavy atom. The second-order valence-corrected chi connectivity index (χ2v) is 5.53. The average Bonchev–Trinajstić information content (AvgIpc) is 3.16. The van der Waals surface area contributed by atoms with Crippen LogP contribution in [-0.2, 0) is 0 Å². The minimum absolute atomic E-state index is 0.270. The van der Waals surface area contributed by atoms with Crippen LogP contribution in [0, 0.1) is 0 Å². The third-order valence-corrected chi connectivity index (χ3v) is 4.08. The number of anilines is 1. The first kappa shape index (κ1) is 12.3. The van der Waals surface area contributed by atoms with E-state index < -0.39 is 0 Å². The van der Waals surface area contributed by atoms with Gasteiger partial charge in [-0.3, -0.25) is 0 Å². The number of fused-ring (bicyclic) bond motifs is 1. The Morgan fingerprint density at radius 2 is 1.76 bits per heavy atom. The predicted molar refractivity (Wildman–Crippen MR) is 84.6 cm³/mol. The highest BCUT2D eigenvalue weighted by molar-refractivity contribution is 5.83. The molecule has 106 valence electrons. The van der Waals surface area contributed by atoms with Crippen molar-refractivity contribution in [2.24, 2.45) is 0 Å². The normalized spacial score (nSPS) is 15.0. The molecule has 0 spiro atoms. The van der Waals surface area contributed by atoms with Crippen molar-refractivity contribution in [1.29, 1.82) is 0 Å². The molecular formula is C17H17N3O. The zero-order chi connectivity index (χ0) is 14.2. The summed E-state index contributed by atoms with van der Waals surface area (Å²) in [6, 6.07) is 13.5. The maximum atomic E-state index is 9.36. The Hall–Kier alpha value is -2.49. The van der Waals surface area contributed by atoms with E-state index in [-0.39, 0.29) is 5.75 Å². The van der Waals surface area contributed by atoms with Crippen molar-refractivity contribution in [2.45, 2.75) is 12.8 Å². The predicted octanol–water partition coefficient (Wildman–Crippen LogP) is 3.54. The van der Waals surface area contributed by atoms with Gasteiger partial charge in [-0.25, -0.2) is 4.98 Å². The Bertz CT molecular complexity index is 770. The van der Waals surface area contributed by atoms with Crippen LogP contribution in [0.15, 0.2) is 42.5 Å². The second kappa shape index (κ2) is 4.81. The standard InChI is InChI=1S/C17H17N3O/c21-14-6-3-12(4-7-14)17-18-15-8-5-13(11-16(15)19-17)20-9-1-2-10-20/h3-8,11,21H,1-2,9-10H2,(H,18,19). The number of phenols is 1. The lowest BCUT2D eigenvalue weighted by Gasteiger charge is -2.17. The first-order valence-corrected chi connectivity index (χ1v) is 7.34. The fraction of sp³-hybridized carbons (Fsp3) is 0.235. The molecule has 21 heavy (non-hydrogen) atoms. The van der Waals surface area contributed by atoms with E-state index in [4.69, 9.17) is 0 Å². The largest absolute Gasteiger partial charge is 0.508 e. The first-order chi connectivity index (χ1) is 10.3. The Kier molecular flexibility index (Phi) is 2.81. The van der Waals surface area contributed by atoms with Gasteiger partial charge in [-0.15, -0.1) is 0 Å². The van der Waals surface area contributed by atoms with Crippen LogP contribution in [0.5, 0.6) is 5.75 Å². The molecule has 0 bridgehead atoms. The fourth-order valence-electron chi connectivity index (χ4n) is 2.93. The maximum Gasteiger partial charge on any atom is 0.138 e. The van der Waals surface area contributed by atoms with Gasteiger partial charge in [0.05, 0.1) is 11.0 Å². The van der Waals surface area contributed by atoms with Crippen LogP contribution in [0.4, 0.5) is 5.69 Å². The van der Waals surface area contributed by atoms with E-state index >= 15 is 0 Å². The topological polar surface area (TPSA) is 52.2 Å². The minimum atomic E-state index is 0.270. The van der Waals surface area contributed by atoms with E-state index in [9.17, 15) is 5.11 Å². The van der Waals surface area contributed by atoms with Crippen LogP contribution in [0.3, 0.4) is 0 Å². The number of imidazole rings is 1. The zero-order valence-corrected chi connectivity index (χ0v) is 11.7. The molecule has 1 aliphatic rings. The zero-order valence-electron chi connectivity index (χ0n) is 11.7. The quantitative estimate of drug-likeness (QED) is 0.754. The molecule has 1 aliphatic heterocycles. The molecule has 0 saturated carbocycles. The SMILES string of the molecule is Oc1ccc(-c2nc3ccc(N4CCCC4)cc3[nH]2)cc1. The highest BCUT2D eigenvalue weighted by Crippen LogP contribution is 2.27. The van der Waals surface area contributed by atoms with E-state index in [1.54, 1.807) is 12.1 Å². The van der Waals surface area contributed by atoms with E-state index in [0.717, 1.165) is 35.5 Å². The van der Waals surface area contributed by atoms with Crippen molar-refractivity contribution >= 4 is 16.7 Å². The van der Waals surface area contributed by atoms with Gasteiger partial charge >= 0.3 is 0 Å².